The summed E-state index contributed by atoms with van der Waals surface area (Å²) in [5.74, 6) is -1.44. The van der Waals surface area contributed by atoms with Crippen LogP contribution in [0, 0.1) is 5.92 Å². The van der Waals surface area contributed by atoms with Gasteiger partial charge in [-0.3, -0.25) is 9.36 Å². The summed E-state index contributed by atoms with van der Waals surface area (Å²) in [6.07, 6.45) is 1.06. The first-order valence-electron chi connectivity index (χ1n) is 4.94. The second kappa shape index (κ2) is 6.20. The minimum absolute atomic E-state index is 0.156. The molecule has 0 aromatic carbocycles. The molecule has 0 aromatic rings. The van der Waals surface area contributed by atoms with E-state index in [4.69, 9.17) is 9.63 Å². The lowest BCUT2D eigenvalue weighted by Gasteiger charge is -2.19. The van der Waals surface area contributed by atoms with Crippen LogP contribution < -0.4 is 0 Å². The molecule has 2 unspecified atom stereocenters. The number of carboxylic acids is 1. The Morgan fingerprint density at radius 3 is 2.29 bits per heavy atom. The van der Waals surface area contributed by atoms with Crippen molar-refractivity contribution in [2.45, 2.75) is 27.2 Å². The molecule has 0 radical (unpaired) electrons. The average Bonchev–Trinajstić information content (AvgIpc) is 2.14. The summed E-state index contributed by atoms with van der Waals surface area (Å²) in [5, 5.41) is 8.82. The second-order valence-electron chi connectivity index (χ2n) is 3.17. The highest BCUT2D eigenvalue weighted by Gasteiger charge is 2.28. The minimum Gasteiger partial charge on any atom is -0.481 e. The van der Waals surface area contributed by atoms with E-state index in [1.807, 2.05) is 0 Å². The second-order valence-corrected chi connectivity index (χ2v) is 6.06. The molecule has 0 aliphatic rings. The van der Waals surface area contributed by atoms with Crippen molar-refractivity contribution in [1.82, 2.24) is 0 Å². The van der Waals surface area contributed by atoms with E-state index in [2.05, 4.69) is 0 Å². The molecule has 0 aliphatic carbocycles. The van der Waals surface area contributed by atoms with E-state index in [-0.39, 0.29) is 6.16 Å². The van der Waals surface area contributed by atoms with Crippen LogP contribution in [0.15, 0.2) is 0 Å². The molecule has 0 spiro atoms. The first kappa shape index (κ1) is 13.7. The molecule has 0 fully saturated rings. The van der Waals surface area contributed by atoms with Crippen molar-refractivity contribution in [3.8, 4) is 0 Å². The molecule has 0 aliphatic heterocycles. The van der Waals surface area contributed by atoms with Gasteiger partial charge < -0.3 is 9.63 Å². The Kier molecular flexibility index (Phi) is 6.05. The fraction of sp³-hybridized carbons (Fsp3) is 0.889. The van der Waals surface area contributed by atoms with Crippen molar-refractivity contribution >= 4 is 13.3 Å². The number of carboxylic acid groups (broad SMARTS) is 1. The van der Waals surface area contributed by atoms with Gasteiger partial charge in [-0.15, -0.1) is 0 Å². The average molecular weight is 222 g/mol. The first-order chi connectivity index (χ1) is 6.49. The summed E-state index contributed by atoms with van der Waals surface area (Å²) in [4.78, 5) is 10.8. The Hall–Kier alpha value is -0.340. The molecular formula is C9H19O4P. The lowest BCUT2D eigenvalue weighted by atomic mass is 10.1. The van der Waals surface area contributed by atoms with Gasteiger partial charge in [0.1, 0.15) is 0 Å². The van der Waals surface area contributed by atoms with Crippen molar-refractivity contribution in [1.29, 1.82) is 0 Å². The molecule has 14 heavy (non-hydrogen) atoms. The molecule has 0 aromatic heterocycles. The largest absolute Gasteiger partial charge is 0.481 e. The third-order valence-electron chi connectivity index (χ3n) is 2.19. The molecule has 0 bridgehead atoms. The molecule has 4 nitrogen and oxygen atoms in total. The zero-order valence-corrected chi connectivity index (χ0v) is 9.92. The molecule has 0 saturated heterocycles. The van der Waals surface area contributed by atoms with E-state index in [0.29, 0.717) is 19.2 Å². The van der Waals surface area contributed by atoms with Crippen LogP contribution in [0.4, 0.5) is 0 Å². The third kappa shape index (κ3) is 4.25. The summed E-state index contributed by atoms with van der Waals surface area (Å²) >= 11 is 0. The highest BCUT2D eigenvalue weighted by atomic mass is 31.2. The van der Waals surface area contributed by atoms with Crippen LogP contribution in [0.1, 0.15) is 27.2 Å². The van der Waals surface area contributed by atoms with Gasteiger partial charge in [-0.25, -0.2) is 0 Å². The maximum atomic E-state index is 12.0. The SMILES string of the molecule is CCOP(=O)(CC)CC(CC)C(=O)O. The molecule has 2 atom stereocenters. The molecular weight excluding hydrogens is 203 g/mol. The van der Waals surface area contributed by atoms with Crippen LogP contribution in [0.5, 0.6) is 0 Å². The third-order valence-corrected chi connectivity index (χ3v) is 4.88. The number of hydrogen-bond donors (Lipinski definition) is 1. The van der Waals surface area contributed by atoms with Gasteiger partial charge >= 0.3 is 5.97 Å². The Balaban J connectivity index is 4.42. The smallest absolute Gasteiger partial charge is 0.307 e. The van der Waals surface area contributed by atoms with Crippen molar-refractivity contribution in [2.75, 3.05) is 18.9 Å². The Morgan fingerprint density at radius 2 is 2.00 bits per heavy atom. The van der Waals surface area contributed by atoms with Crippen LogP contribution >= 0.6 is 7.37 Å². The monoisotopic (exact) mass is 222 g/mol. The molecule has 1 N–H and O–H groups in total. The van der Waals surface area contributed by atoms with E-state index >= 15 is 0 Å². The van der Waals surface area contributed by atoms with Gasteiger partial charge in [-0.2, -0.15) is 0 Å². The van der Waals surface area contributed by atoms with Crippen molar-refractivity contribution in [3.05, 3.63) is 0 Å². The van der Waals surface area contributed by atoms with Gasteiger partial charge in [-0.1, -0.05) is 13.8 Å². The van der Waals surface area contributed by atoms with Gasteiger partial charge in [0.15, 0.2) is 0 Å². The summed E-state index contributed by atoms with van der Waals surface area (Å²) in [6, 6.07) is 0. The van der Waals surface area contributed by atoms with Crippen molar-refractivity contribution < 1.29 is 19.0 Å². The summed E-state index contributed by atoms with van der Waals surface area (Å²) in [6.45, 7) is 5.70. The maximum absolute atomic E-state index is 12.0. The van der Waals surface area contributed by atoms with E-state index in [0.717, 1.165) is 0 Å². The van der Waals surface area contributed by atoms with E-state index in [1.165, 1.54) is 0 Å². The molecule has 0 saturated carbocycles. The van der Waals surface area contributed by atoms with Gasteiger partial charge in [0, 0.05) is 12.3 Å². The fourth-order valence-corrected chi connectivity index (χ4v) is 3.33. The van der Waals surface area contributed by atoms with Crippen LogP contribution in [0.25, 0.3) is 0 Å². The highest BCUT2D eigenvalue weighted by molar-refractivity contribution is 7.59. The first-order valence-corrected chi connectivity index (χ1v) is 6.94. The quantitative estimate of drug-likeness (QED) is 0.672. The number of hydrogen-bond acceptors (Lipinski definition) is 3. The Morgan fingerprint density at radius 1 is 1.43 bits per heavy atom. The normalized spacial score (nSPS) is 17.4. The predicted molar refractivity (Wildman–Crippen MR) is 56.1 cm³/mol. The van der Waals surface area contributed by atoms with Crippen molar-refractivity contribution in [2.24, 2.45) is 5.92 Å². The summed E-state index contributed by atoms with van der Waals surface area (Å²) in [7, 11) is -2.71. The lowest BCUT2D eigenvalue weighted by Crippen LogP contribution is -2.18. The number of rotatable bonds is 7. The molecule has 5 heteroatoms. The number of carbonyl (C=O) groups is 1. The zero-order chi connectivity index (χ0) is 11.2. The maximum Gasteiger partial charge on any atom is 0.307 e. The summed E-state index contributed by atoms with van der Waals surface area (Å²) in [5.41, 5.74) is 0. The van der Waals surface area contributed by atoms with Gasteiger partial charge in [0.25, 0.3) is 0 Å². The van der Waals surface area contributed by atoms with Gasteiger partial charge in [-0.05, 0) is 13.3 Å². The molecule has 84 valence electrons. The predicted octanol–water partition coefficient (Wildman–Crippen LogP) is 2.43. The molecule has 0 heterocycles. The molecule has 0 rings (SSSR count). The fourth-order valence-electron chi connectivity index (χ4n) is 1.23. The van der Waals surface area contributed by atoms with Gasteiger partial charge in [0.2, 0.25) is 7.37 Å². The standard InChI is InChI=1S/C9H19O4P/c1-4-8(9(10)11)7-14(12,6-3)13-5-2/h8H,4-7H2,1-3H3,(H,10,11). The highest BCUT2D eigenvalue weighted by Crippen LogP contribution is 2.48. The lowest BCUT2D eigenvalue weighted by molar-refractivity contribution is -0.141. The van der Waals surface area contributed by atoms with Crippen LogP contribution in [-0.2, 0) is 13.9 Å². The summed E-state index contributed by atoms with van der Waals surface area (Å²) < 4.78 is 17.1. The topological polar surface area (TPSA) is 63.6 Å². The van der Waals surface area contributed by atoms with Crippen LogP contribution in [-0.4, -0.2) is 30.0 Å². The molecule has 0 amide bonds. The van der Waals surface area contributed by atoms with E-state index in [9.17, 15) is 9.36 Å². The minimum atomic E-state index is -2.71. The van der Waals surface area contributed by atoms with Crippen LogP contribution in [0.3, 0.4) is 0 Å². The Labute approximate surface area is 85.1 Å². The number of aliphatic carboxylic acids is 1. The van der Waals surface area contributed by atoms with E-state index < -0.39 is 19.3 Å². The van der Waals surface area contributed by atoms with Crippen molar-refractivity contribution in [3.63, 3.8) is 0 Å². The Bertz CT molecular complexity index is 227. The zero-order valence-electron chi connectivity index (χ0n) is 9.02. The van der Waals surface area contributed by atoms with E-state index in [1.54, 1.807) is 20.8 Å². The van der Waals surface area contributed by atoms with Gasteiger partial charge in [0.05, 0.1) is 12.5 Å². The van der Waals surface area contributed by atoms with Crippen LogP contribution in [0.2, 0.25) is 0 Å².